The van der Waals surface area contributed by atoms with Crippen LogP contribution in [0.1, 0.15) is 5.56 Å². The molecule has 0 heterocycles. The average Bonchev–Trinajstić information content (AvgIpc) is 2.30. The Kier molecular flexibility index (Phi) is 5.78. The van der Waals surface area contributed by atoms with Crippen molar-refractivity contribution in [3.8, 4) is 0 Å². The van der Waals surface area contributed by atoms with Crippen molar-refractivity contribution >= 4 is 33.4 Å². The Hall–Kier alpha value is -1.60. The number of hydrogen-bond acceptors (Lipinski definition) is 4. The van der Waals surface area contributed by atoms with Crippen molar-refractivity contribution in [2.24, 2.45) is 11.5 Å². The summed E-state index contributed by atoms with van der Waals surface area (Å²) in [6.07, 6.45) is 0. The van der Waals surface area contributed by atoms with Crippen molar-refractivity contribution < 1.29 is 9.59 Å². The van der Waals surface area contributed by atoms with Crippen molar-refractivity contribution in [3.63, 3.8) is 0 Å². The van der Waals surface area contributed by atoms with E-state index < -0.39 is 11.8 Å². The van der Waals surface area contributed by atoms with Crippen molar-refractivity contribution in [3.05, 3.63) is 28.2 Å². The maximum atomic E-state index is 11.0. The van der Waals surface area contributed by atoms with Gasteiger partial charge in [0.1, 0.15) is 0 Å². The molecule has 19 heavy (non-hydrogen) atoms. The predicted octanol–water partition coefficient (Wildman–Crippen LogP) is -0.0545. The molecule has 0 saturated carbocycles. The fraction of sp³-hybridized carbons (Fsp3) is 0.333. The molecule has 0 unspecified atom stereocenters. The third-order valence-corrected chi connectivity index (χ3v) is 3.20. The number of benzene rings is 1. The van der Waals surface area contributed by atoms with Crippen LogP contribution >= 0.6 is 15.9 Å². The molecular formula is C12H17BrN4O2. The molecule has 0 spiro atoms. The Morgan fingerprint density at radius 3 is 2.26 bits per heavy atom. The zero-order valence-electron chi connectivity index (χ0n) is 10.6. The molecule has 7 heteroatoms. The second-order valence-corrected chi connectivity index (χ2v) is 4.95. The summed E-state index contributed by atoms with van der Waals surface area (Å²) >= 11 is 3.45. The lowest BCUT2D eigenvalue weighted by Gasteiger charge is -2.22. The maximum absolute atomic E-state index is 11.0. The van der Waals surface area contributed by atoms with Crippen LogP contribution in [0.3, 0.4) is 0 Å². The molecule has 0 aliphatic carbocycles. The number of primary amides is 2. The average molecular weight is 329 g/mol. The SMILES string of the molecule is CNCc1ccc(N(CC(N)=O)CC(N)=O)cc1Br. The minimum absolute atomic E-state index is 0.0548. The molecule has 1 rings (SSSR count). The lowest BCUT2D eigenvalue weighted by Crippen LogP contribution is -2.39. The van der Waals surface area contributed by atoms with Crippen LogP contribution < -0.4 is 21.7 Å². The molecule has 0 atom stereocenters. The molecule has 0 aliphatic rings. The number of hydrogen-bond donors (Lipinski definition) is 3. The Balaban J connectivity index is 2.98. The molecule has 1 aromatic rings. The van der Waals surface area contributed by atoms with Crippen molar-refractivity contribution in [1.82, 2.24) is 5.32 Å². The third-order valence-electron chi connectivity index (χ3n) is 2.46. The van der Waals surface area contributed by atoms with Gasteiger partial charge in [-0.05, 0) is 24.7 Å². The van der Waals surface area contributed by atoms with Crippen LogP contribution in [0.5, 0.6) is 0 Å². The van der Waals surface area contributed by atoms with Gasteiger partial charge in [-0.15, -0.1) is 0 Å². The van der Waals surface area contributed by atoms with Gasteiger partial charge in [0, 0.05) is 16.7 Å². The van der Waals surface area contributed by atoms with E-state index in [4.69, 9.17) is 11.5 Å². The van der Waals surface area contributed by atoms with Gasteiger partial charge in [-0.1, -0.05) is 22.0 Å². The number of carbonyl (C=O) groups is 2. The Bertz CT molecular complexity index is 463. The van der Waals surface area contributed by atoms with Crippen molar-refractivity contribution in [2.75, 3.05) is 25.0 Å². The fourth-order valence-electron chi connectivity index (χ4n) is 1.68. The lowest BCUT2D eigenvalue weighted by molar-refractivity contribution is -0.117. The van der Waals surface area contributed by atoms with E-state index in [-0.39, 0.29) is 13.1 Å². The number of nitrogens with two attached hydrogens (primary N) is 2. The lowest BCUT2D eigenvalue weighted by atomic mass is 10.2. The molecule has 104 valence electrons. The number of nitrogens with zero attached hydrogens (tertiary/aromatic N) is 1. The van der Waals surface area contributed by atoms with Gasteiger partial charge in [0.25, 0.3) is 0 Å². The van der Waals surface area contributed by atoms with Crippen molar-refractivity contribution in [2.45, 2.75) is 6.54 Å². The van der Waals surface area contributed by atoms with Gasteiger partial charge in [-0.2, -0.15) is 0 Å². The quantitative estimate of drug-likeness (QED) is 0.652. The molecule has 0 aromatic heterocycles. The normalized spacial score (nSPS) is 10.2. The van der Waals surface area contributed by atoms with Gasteiger partial charge in [0.05, 0.1) is 13.1 Å². The summed E-state index contributed by atoms with van der Waals surface area (Å²) in [5.41, 5.74) is 12.1. The first-order chi connectivity index (χ1) is 8.93. The molecule has 0 saturated heterocycles. The number of anilines is 1. The Morgan fingerprint density at radius 1 is 1.26 bits per heavy atom. The maximum Gasteiger partial charge on any atom is 0.236 e. The molecule has 0 fully saturated rings. The van der Waals surface area contributed by atoms with Crippen LogP contribution in [-0.4, -0.2) is 32.0 Å². The molecule has 1 aromatic carbocycles. The Labute approximate surface area is 120 Å². The Morgan fingerprint density at radius 2 is 1.84 bits per heavy atom. The zero-order valence-corrected chi connectivity index (χ0v) is 12.2. The number of rotatable bonds is 7. The summed E-state index contributed by atoms with van der Waals surface area (Å²) in [4.78, 5) is 23.6. The smallest absolute Gasteiger partial charge is 0.236 e. The molecule has 0 radical (unpaired) electrons. The van der Waals surface area contributed by atoms with Crippen LogP contribution in [0.25, 0.3) is 0 Å². The summed E-state index contributed by atoms with van der Waals surface area (Å²) in [6.45, 7) is 0.605. The number of nitrogens with one attached hydrogen (secondary N) is 1. The fourth-order valence-corrected chi connectivity index (χ4v) is 2.19. The highest BCUT2D eigenvalue weighted by atomic mass is 79.9. The highest BCUT2D eigenvalue weighted by molar-refractivity contribution is 9.10. The van der Waals surface area contributed by atoms with Gasteiger partial charge in [-0.3, -0.25) is 9.59 Å². The highest BCUT2D eigenvalue weighted by Gasteiger charge is 2.13. The van der Waals surface area contributed by atoms with Gasteiger partial charge in [-0.25, -0.2) is 0 Å². The number of halogens is 1. The topological polar surface area (TPSA) is 101 Å². The molecule has 6 nitrogen and oxygen atoms in total. The van der Waals surface area contributed by atoms with E-state index in [2.05, 4.69) is 21.2 Å². The second kappa shape index (κ2) is 7.10. The molecular weight excluding hydrogens is 312 g/mol. The van der Waals surface area contributed by atoms with E-state index in [0.717, 1.165) is 10.0 Å². The molecule has 0 bridgehead atoms. The van der Waals surface area contributed by atoms with E-state index in [9.17, 15) is 9.59 Å². The van der Waals surface area contributed by atoms with E-state index in [0.29, 0.717) is 12.2 Å². The van der Waals surface area contributed by atoms with Gasteiger partial charge in [0.15, 0.2) is 0 Å². The van der Waals surface area contributed by atoms with Gasteiger partial charge in [0.2, 0.25) is 11.8 Å². The summed E-state index contributed by atoms with van der Waals surface area (Å²) in [5, 5.41) is 3.05. The first kappa shape index (κ1) is 15.5. The summed E-state index contributed by atoms with van der Waals surface area (Å²) in [5.74, 6) is -1.03. The summed E-state index contributed by atoms with van der Waals surface area (Å²) in [7, 11) is 1.85. The molecule has 5 N–H and O–H groups in total. The summed E-state index contributed by atoms with van der Waals surface area (Å²) in [6, 6.07) is 5.56. The summed E-state index contributed by atoms with van der Waals surface area (Å²) < 4.78 is 0.887. The zero-order chi connectivity index (χ0) is 14.4. The molecule has 0 aliphatic heterocycles. The second-order valence-electron chi connectivity index (χ2n) is 4.09. The standard InChI is InChI=1S/C12H17BrN4O2/c1-16-5-8-2-3-9(4-10(8)13)17(6-11(14)18)7-12(15)19/h2-4,16H,5-7H2,1H3,(H2,14,18)(H2,15,19). The first-order valence-corrected chi connectivity index (χ1v) is 6.48. The number of carbonyl (C=O) groups excluding carboxylic acids is 2. The van der Waals surface area contributed by atoms with Crippen LogP contribution in [0.15, 0.2) is 22.7 Å². The van der Waals surface area contributed by atoms with Crippen molar-refractivity contribution in [1.29, 1.82) is 0 Å². The van der Waals surface area contributed by atoms with Crippen LogP contribution in [-0.2, 0) is 16.1 Å². The largest absolute Gasteiger partial charge is 0.368 e. The van der Waals surface area contributed by atoms with E-state index >= 15 is 0 Å². The highest BCUT2D eigenvalue weighted by Crippen LogP contribution is 2.24. The van der Waals surface area contributed by atoms with E-state index in [1.165, 1.54) is 0 Å². The monoisotopic (exact) mass is 328 g/mol. The van der Waals surface area contributed by atoms with E-state index in [1.54, 1.807) is 4.90 Å². The van der Waals surface area contributed by atoms with Crippen LogP contribution in [0.2, 0.25) is 0 Å². The minimum Gasteiger partial charge on any atom is -0.368 e. The third kappa shape index (κ3) is 4.88. The number of amides is 2. The predicted molar refractivity (Wildman–Crippen MR) is 77.5 cm³/mol. The minimum atomic E-state index is -0.517. The van der Waals surface area contributed by atoms with Gasteiger partial charge >= 0.3 is 0 Å². The van der Waals surface area contributed by atoms with Crippen LogP contribution in [0, 0.1) is 0 Å². The van der Waals surface area contributed by atoms with Gasteiger partial charge < -0.3 is 21.7 Å². The van der Waals surface area contributed by atoms with E-state index in [1.807, 2.05) is 25.2 Å². The first-order valence-electron chi connectivity index (χ1n) is 5.68. The molecule has 2 amide bonds. The van der Waals surface area contributed by atoms with Crippen LogP contribution in [0.4, 0.5) is 5.69 Å².